The summed E-state index contributed by atoms with van der Waals surface area (Å²) in [4.78, 5) is 12.0. The summed E-state index contributed by atoms with van der Waals surface area (Å²) < 4.78 is 22.4. The fourth-order valence-electron chi connectivity index (χ4n) is 1.80. The van der Waals surface area contributed by atoms with E-state index < -0.39 is 15.9 Å². The van der Waals surface area contributed by atoms with E-state index in [9.17, 15) is 13.2 Å². The van der Waals surface area contributed by atoms with Crippen molar-refractivity contribution in [3.05, 3.63) is 40.8 Å². The van der Waals surface area contributed by atoms with Crippen molar-refractivity contribution in [1.82, 2.24) is 5.32 Å². The van der Waals surface area contributed by atoms with Crippen LogP contribution in [0, 0.1) is 6.92 Å². The number of carbonyl (C=O) groups is 1. The quantitative estimate of drug-likeness (QED) is 0.768. The maximum Gasteiger partial charge on any atom is 0.252 e. The van der Waals surface area contributed by atoms with Gasteiger partial charge in [-0.2, -0.15) is 0 Å². The van der Waals surface area contributed by atoms with Gasteiger partial charge in [-0.25, -0.2) is 8.42 Å². The third kappa shape index (κ3) is 2.70. The van der Waals surface area contributed by atoms with Crippen LogP contribution in [-0.4, -0.2) is 26.1 Å². The standard InChI is InChI=1S/C12H14N2O3S/c1-8-2-3-9(13)6-11(8)12(15)14-10-4-5-18(16,17)7-10/h2-6,10H,7,13H2,1H3,(H,14,15). The van der Waals surface area contributed by atoms with E-state index in [2.05, 4.69) is 5.32 Å². The van der Waals surface area contributed by atoms with E-state index in [0.717, 1.165) is 11.0 Å². The van der Waals surface area contributed by atoms with Gasteiger partial charge in [0.1, 0.15) is 0 Å². The SMILES string of the molecule is Cc1ccc(N)cc1C(=O)NC1C=CS(=O)(=O)C1. The zero-order chi connectivity index (χ0) is 13.3. The lowest BCUT2D eigenvalue weighted by molar-refractivity contribution is 0.0947. The van der Waals surface area contributed by atoms with Gasteiger partial charge in [0.25, 0.3) is 5.91 Å². The van der Waals surface area contributed by atoms with Gasteiger partial charge in [0.15, 0.2) is 9.84 Å². The van der Waals surface area contributed by atoms with Crippen LogP contribution in [0.2, 0.25) is 0 Å². The molecule has 2 rings (SSSR count). The second-order valence-corrected chi connectivity index (χ2v) is 6.24. The third-order valence-corrected chi connectivity index (χ3v) is 4.15. The first-order valence-corrected chi connectivity index (χ1v) is 7.17. The van der Waals surface area contributed by atoms with Gasteiger partial charge < -0.3 is 11.1 Å². The molecule has 1 aliphatic heterocycles. The lowest BCUT2D eigenvalue weighted by Gasteiger charge is -2.12. The molecule has 1 aromatic rings. The van der Waals surface area contributed by atoms with Crippen molar-refractivity contribution in [2.45, 2.75) is 13.0 Å². The average molecular weight is 266 g/mol. The Morgan fingerprint density at radius 2 is 2.17 bits per heavy atom. The highest BCUT2D eigenvalue weighted by Crippen LogP contribution is 2.14. The Labute approximate surface area is 106 Å². The monoisotopic (exact) mass is 266 g/mol. The number of benzene rings is 1. The first-order valence-electron chi connectivity index (χ1n) is 5.45. The van der Waals surface area contributed by atoms with Crippen LogP contribution in [0.1, 0.15) is 15.9 Å². The molecule has 0 bridgehead atoms. The van der Waals surface area contributed by atoms with Gasteiger partial charge in [0.2, 0.25) is 0 Å². The second-order valence-electron chi connectivity index (χ2n) is 4.31. The number of aryl methyl sites for hydroxylation is 1. The van der Waals surface area contributed by atoms with E-state index in [1.54, 1.807) is 25.1 Å². The lowest BCUT2D eigenvalue weighted by atomic mass is 10.1. The summed E-state index contributed by atoms with van der Waals surface area (Å²) >= 11 is 0. The summed E-state index contributed by atoms with van der Waals surface area (Å²) in [6.07, 6.45) is 1.48. The largest absolute Gasteiger partial charge is 0.399 e. The Bertz CT molecular complexity index is 620. The summed E-state index contributed by atoms with van der Waals surface area (Å²) in [6.45, 7) is 1.80. The van der Waals surface area contributed by atoms with Crippen LogP contribution in [0.5, 0.6) is 0 Å². The van der Waals surface area contributed by atoms with Gasteiger partial charge in [-0.1, -0.05) is 6.07 Å². The lowest BCUT2D eigenvalue weighted by Crippen LogP contribution is -2.35. The van der Waals surface area contributed by atoms with E-state index in [-0.39, 0.29) is 11.7 Å². The molecule has 1 unspecified atom stereocenters. The van der Waals surface area contributed by atoms with Crippen LogP contribution in [0.3, 0.4) is 0 Å². The molecule has 0 aromatic heterocycles. The summed E-state index contributed by atoms with van der Waals surface area (Å²) in [5, 5.41) is 3.79. The highest BCUT2D eigenvalue weighted by atomic mass is 32.2. The molecule has 5 nitrogen and oxygen atoms in total. The maximum absolute atomic E-state index is 12.0. The van der Waals surface area contributed by atoms with Gasteiger partial charge in [0.05, 0.1) is 11.8 Å². The Morgan fingerprint density at radius 3 is 2.78 bits per heavy atom. The van der Waals surface area contributed by atoms with Gasteiger partial charge >= 0.3 is 0 Å². The van der Waals surface area contributed by atoms with Crippen molar-refractivity contribution in [1.29, 1.82) is 0 Å². The van der Waals surface area contributed by atoms with E-state index in [0.29, 0.717) is 11.3 Å². The zero-order valence-electron chi connectivity index (χ0n) is 9.88. The maximum atomic E-state index is 12.0. The van der Waals surface area contributed by atoms with Gasteiger partial charge in [-0.05, 0) is 30.7 Å². The Morgan fingerprint density at radius 1 is 1.44 bits per heavy atom. The van der Waals surface area contributed by atoms with E-state index >= 15 is 0 Å². The molecule has 0 saturated heterocycles. The molecule has 0 fully saturated rings. The van der Waals surface area contributed by atoms with Crippen LogP contribution in [0.25, 0.3) is 0 Å². The third-order valence-electron chi connectivity index (χ3n) is 2.75. The van der Waals surface area contributed by atoms with Crippen molar-refractivity contribution in [3.8, 4) is 0 Å². The first kappa shape index (κ1) is 12.6. The molecule has 0 saturated carbocycles. The Balaban J connectivity index is 2.14. The number of amides is 1. The summed E-state index contributed by atoms with van der Waals surface area (Å²) in [5.74, 6) is -0.397. The topological polar surface area (TPSA) is 89.3 Å². The fourth-order valence-corrected chi connectivity index (χ4v) is 3.03. The summed E-state index contributed by atoms with van der Waals surface area (Å²) in [6, 6.07) is 4.58. The van der Waals surface area contributed by atoms with E-state index in [1.165, 1.54) is 6.08 Å². The normalized spacial score (nSPS) is 20.8. The average Bonchev–Trinajstić information content (AvgIpc) is 2.61. The van der Waals surface area contributed by atoms with Crippen LogP contribution in [0.4, 0.5) is 5.69 Å². The molecule has 1 heterocycles. The van der Waals surface area contributed by atoms with Crippen molar-refractivity contribution in [2.75, 3.05) is 11.5 Å². The van der Waals surface area contributed by atoms with Crippen LogP contribution in [-0.2, 0) is 9.84 Å². The molecule has 1 atom stereocenters. The summed E-state index contributed by atoms with van der Waals surface area (Å²) in [7, 11) is -3.16. The summed E-state index contributed by atoms with van der Waals surface area (Å²) in [5.41, 5.74) is 7.39. The van der Waals surface area contributed by atoms with Crippen LogP contribution in [0.15, 0.2) is 29.7 Å². The number of rotatable bonds is 2. The van der Waals surface area contributed by atoms with Crippen molar-refractivity contribution in [2.24, 2.45) is 0 Å². The van der Waals surface area contributed by atoms with Crippen LogP contribution >= 0.6 is 0 Å². The number of nitrogen functional groups attached to an aromatic ring is 1. The molecule has 0 radical (unpaired) electrons. The highest BCUT2D eigenvalue weighted by Gasteiger charge is 2.23. The predicted octanol–water partition coefficient (Wildman–Crippen LogP) is 0.618. The molecule has 0 aliphatic carbocycles. The molecule has 1 aromatic carbocycles. The minimum absolute atomic E-state index is 0.0832. The highest BCUT2D eigenvalue weighted by molar-refractivity contribution is 7.94. The van der Waals surface area contributed by atoms with Crippen molar-refractivity contribution < 1.29 is 13.2 Å². The van der Waals surface area contributed by atoms with Crippen molar-refractivity contribution >= 4 is 21.4 Å². The van der Waals surface area contributed by atoms with Gasteiger partial charge in [-0.3, -0.25) is 4.79 Å². The van der Waals surface area contributed by atoms with Gasteiger partial charge in [0, 0.05) is 16.7 Å². The van der Waals surface area contributed by atoms with Gasteiger partial charge in [-0.15, -0.1) is 0 Å². The molecule has 96 valence electrons. The molecular weight excluding hydrogens is 252 g/mol. The number of anilines is 1. The molecule has 18 heavy (non-hydrogen) atoms. The predicted molar refractivity (Wildman–Crippen MR) is 69.8 cm³/mol. The fraction of sp³-hybridized carbons (Fsp3) is 0.250. The molecule has 1 aliphatic rings. The number of sulfone groups is 1. The molecular formula is C12H14N2O3S. The minimum Gasteiger partial charge on any atom is -0.399 e. The second kappa shape index (κ2) is 4.45. The number of carbonyl (C=O) groups excluding carboxylic acids is 1. The molecule has 1 amide bonds. The molecule has 6 heteroatoms. The van der Waals surface area contributed by atoms with E-state index in [1.807, 2.05) is 0 Å². The number of nitrogens with one attached hydrogen (secondary N) is 1. The zero-order valence-corrected chi connectivity index (χ0v) is 10.7. The first-order chi connectivity index (χ1) is 8.37. The van der Waals surface area contributed by atoms with Crippen LogP contribution < -0.4 is 11.1 Å². The van der Waals surface area contributed by atoms with E-state index in [4.69, 9.17) is 5.73 Å². The smallest absolute Gasteiger partial charge is 0.252 e. The number of hydrogen-bond acceptors (Lipinski definition) is 4. The Kier molecular flexibility index (Phi) is 3.13. The number of hydrogen-bond donors (Lipinski definition) is 2. The Hall–Kier alpha value is -1.82. The minimum atomic E-state index is -3.16. The molecule has 0 spiro atoms. The van der Waals surface area contributed by atoms with Crippen molar-refractivity contribution in [3.63, 3.8) is 0 Å². The molecule has 3 N–H and O–H groups in total. The number of nitrogens with two attached hydrogens (primary N) is 1.